The first-order valence-corrected chi connectivity index (χ1v) is 7.98. The van der Waals surface area contributed by atoms with Crippen LogP contribution in [0.2, 0.25) is 0 Å². The van der Waals surface area contributed by atoms with Gasteiger partial charge in [0.05, 0.1) is 12.2 Å². The van der Waals surface area contributed by atoms with E-state index in [4.69, 9.17) is 4.74 Å². The lowest BCUT2D eigenvalue weighted by molar-refractivity contribution is 0.0675. The standard InChI is InChI=1S/C16H31N3O/c1-14(2)18-16(4,13-17)8-5-6-9-19-10-7-11-20-15(3)12-19/h14-15,18H,5-12H2,1-4H3. The molecule has 0 aromatic heterocycles. The predicted molar refractivity (Wildman–Crippen MR) is 82.6 cm³/mol. The van der Waals surface area contributed by atoms with E-state index in [9.17, 15) is 5.26 Å². The maximum absolute atomic E-state index is 9.31. The molecule has 2 atom stereocenters. The van der Waals surface area contributed by atoms with Crippen molar-refractivity contribution < 1.29 is 4.74 Å². The summed E-state index contributed by atoms with van der Waals surface area (Å²) in [5.74, 6) is 0. The van der Waals surface area contributed by atoms with E-state index in [0.29, 0.717) is 12.1 Å². The summed E-state index contributed by atoms with van der Waals surface area (Å²) in [5, 5.41) is 12.7. The van der Waals surface area contributed by atoms with Gasteiger partial charge in [-0.1, -0.05) is 0 Å². The first-order chi connectivity index (χ1) is 9.45. The molecule has 20 heavy (non-hydrogen) atoms. The van der Waals surface area contributed by atoms with Crippen LogP contribution in [0.5, 0.6) is 0 Å². The summed E-state index contributed by atoms with van der Waals surface area (Å²) < 4.78 is 5.66. The Morgan fingerprint density at radius 1 is 1.45 bits per heavy atom. The third kappa shape index (κ3) is 6.69. The highest BCUT2D eigenvalue weighted by Gasteiger charge is 2.23. The lowest BCUT2D eigenvalue weighted by atomic mass is 9.95. The minimum absolute atomic E-state index is 0.350. The van der Waals surface area contributed by atoms with E-state index in [1.54, 1.807) is 0 Å². The first-order valence-electron chi connectivity index (χ1n) is 7.98. The van der Waals surface area contributed by atoms with Crippen LogP contribution in [0.3, 0.4) is 0 Å². The van der Waals surface area contributed by atoms with Gasteiger partial charge in [0.2, 0.25) is 0 Å². The highest BCUT2D eigenvalue weighted by molar-refractivity contribution is 5.04. The zero-order valence-corrected chi connectivity index (χ0v) is 13.6. The van der Waals surface area contributed by atoms with E-state index >= 15 is 0 Å². The van der Waals surface area contributed by atoms with E-state index in [1.807, 2.05) is 6.92 Å². The van der Waals surface area contributed by atoms with Crippen LogP contribution < -0.4 is 5.32 Å². The molecule has 1 N–H and O–H groups in total. The first kappa shape index (κ1) is 17.4. The quantitative estimate of drug-likeness (QED) is 0.729. The lowest BCUT2D eigenvalue weighted by Crippen LogP contribution is -2.45. The molecule has 0 aliphatic carbocycles. The molecule has 0 spiro atoms. The van der Waals surface area contributed by atoms with Crippen LogP contribution in [0.25, 0.3) is 0 Å². The maximum atomic E-state index is 9.31. The van der Waals surface area contributed by atoms with Gasteiger partial charge in [0.1, 0.15) is 5.54 Å². The van der Waals surface area contributed by atoms with Crippen LogP contribution in [0.15, 0.2) is 0 Å². The van der Waals surface area contributed by atoms with Crippen molar-refractivity contribution in [3.8, 4) is 6.07 Å². The number of hydrogen-bond acceptors (Lipinski definition) is 4. The molecule has 1 aliphatic rings. The summed E-state index contributed by atoms with van der Waals surface area (Å²) >= 11 is 0. The molecule has 0 aromatic rings. The van der Waals surface area contributed by atoms with E-state index < -0.39 is 0 Å². The van der Waals surface area contributed by atoms with Gasteiger partial charge in [-0.25, -0.2) is 0 Å². The normalized spacial score (nSPS) is 24.1. The van der Waals surface area contributed by atoms with Gasteiger partial charge < -0.3 is 9.64 Å². The lowest BCUT2D eigenvalue weighted by Gasteiger charge is -2.27. The topological polar surface area (TPSA) is 48.3 Å². The molecule has 0 amide bonds. The van der Waals surface area contributed by atoms with Crippen LogP contribution in [0.1, 0.15) is 53.4 Å². The second-order valence-electron chi connectivity index (χ2n) is 6.54. The van der Waals surface area contributed by atoms with Crippen molar-refractivity contribution in [3.05, 3.63) is 0 Å². The van der Waals surface area contributed by atoms with Gasteiger partial charge in [0.25, 0.3) is 0 Å². The fraction of sp³-hybridized carbons (Fsp3) is 0.938. The smallest absolute Gasteiger partial charge is 0.104 e. The van der Waals surface area contributed by atoms with Crippen molar-refractivity contribution >= 4 is 0 Å². The van der Waals surface area contributed by atoms with Crippen LogP contribution in [0, 0.1) is 11.3 Å². The number of rotatable bonds is 7. The Kier molecular flexibility index (Phi) is 7.50. The molecule has 1 fully saturated rings. The minimum Gasteiger partial charge on any atom is -0.377 e. The molecule has 116 valence electrons. The molecule has 0 bridgehead atoms. The molecular weight excluding hydrogens is 250 g/mol. The van der Waals surface area contributed by atoms with Gasteiger partial charge in [-0.2, -0.15) is 5.26 Å². The average Bonchev–Trinajstić information content (AvgIpc) is 2.58. The highest BCUT2D eigenvalue weighted by atomic mass is 16.5. The van der Waals surface area contributed by atoms with Crippen LogP contribution in [0.4, 0.5) is 0 Å². The predicted octanol–water partition coefficient (Wildman–Crippen LogP) is 2.55. The van der Waals surface area contributed by atoms with Crippen molar-refractivity contribution in [2.24, 2.45) is 0 Å². The summed E-state index contributed by atoms with van der Waals surface area (Å²) in [5.41, 5.74) is -0.386. The molecule has 1 heterocycles. The fourth-order valence-electron chi connectivity index (χ4n) is 2.89. The SMILES string of the molecule is CC(C)NC(C)(C#N)CCCCN1CCCOC(C)C1. The van der Waals surface area contributed by atoms with Gasteiger partial charge >= 0.3 is 0 Å². The molecule has 1 rings (SSSR count). The zero-order chi connectivity index (χ0) is 15.0. The molecular formula is C16H31N3O. The zero-order valence-electron chi connectivity index (χ0n) is 13.6. The van der Waals surface area contributed by atoms with Gasteiger partial charge in [-0.05, 0) is 59.9 Å². The third-order valence-electron chi connectivity index (χ3n) is 3.79. The van der Waals surface area contributed by atoms with E-state index in [0.717, 1.165) is 51.9 Å². The second kappa shape index (κ2) is 8.61. The van der Waals surface area contributed by atoms with Gasteiger partial charge in [-0.3, -0.25) is 5.32 Å². The Bertz CT molecular complexity index is 313. The molecule has 0 saturated carbocycles. The highest BCUT2D eigenvalue weighted by Crippen LogP contribution is 2.15. The van der Waals surface area contributed by atoms with Crippen molar-refractivity contribution in [1.82, 2.24) is 10.2 Å². The number of unbranched alkanes of at least 4 members (excludes halogenated alkanes) is 1. The van der Waals surface area contributed by atoms with Gasteiger partial charge in [-0.15, -0.1) is 0 Å². The van der Waals surface area contributed by atoms with Crippen molar-refractivity contribution in [1.29, 1.82) is 5.26 Å². The van der Waals surface area contributed by atoms with Crippen molar-refractivity contribution in [3.63, 3.8) is 0 Å². The number of nitrogens with zero attached hydrogens (tertiary/aromatic N) is 2. The largest absolute Gasteiger partial charge is 0.377 e. The molecule has 1 aliphatic heterocycles. The van der Waals surface area contributed by atoms with E-state index in [1.165, 1.54) is 0 Å². The summed E-state index contributed by atoms with van der Waals surface area (Å²) in [4.78, 5) is 2.50. The van der Waals surface area contributed by atoms with Gasteiger partial charge in [0, 0.05) is 25.7 Å². The summed E-state index contributed by atoms with van der Waals surface area (Å²) in [6.45, 7) is 12.5. The number of nitrogens with one attached hydrogen (secondary N) is 1. The Balaban J connectivity index is 2.24. The summed E-state index contributed by atoms with van der Waals surface area (Å²) in [6, 6.07) is 2.77. The van der Waals surface area contributed by atoms with Crippen LogP contribution >= 0.6 is 0 Å². The monoisotopic (exact) mass is 281 g/mol. The average molecular weight is 281 g/mol. The minimum atomic E-state index is -0.386. The van der Waals surface area contributed by atoms with Crippen molar-refractivity contribution in [2.75, 3.05) is 26.2 Å². The molecule has 2 unspecified atom stereocenters. The Morgan fingerprint density at radius 2 is 2.20 bits per heavy atom. The molecule has 0 aromatic carbocycles. The van der Waals surface area contributed by atoms with Crippen molar-refractivity contribution in [2.45, 2.75) is 71.1 Å². The second-order valence-corrected chi connectivity index (χ2v) is 6.54. The molecule has 0 radical (unpaired) electrons. The maximum Gasteiger partial charge on any atom is 0.104 e. The Hall–Kier alpha value is -0.630. The Labute approximate surface area is 124 Å². The molecule has 1 saturated heterocycles. The molecule has 4 heteroatoms. The van der Waals surface area contributed by atoms with E-state index in [2.05, 4.69) is 37.1 Å². The van der Waals surface area contributed by atoms with E-state index in [-0.39, 0.29) is 5.54 Å². The third-order valence-corrected chi connectivity index (χ3v) is 3.79. The van der Waals surface area contributed by atoms with Gasteiger partial charge in [0.15, 0.2) is 0 Å². The number of nitriles is 1. The number of ether oxygens (including phenoxy) is 1. The van der Waals surface area contributed by atoms with Crippen LogP contribution in [-0.4, -0.2) is 48.8 Å². The summed E-state index contributed by atoms with van der Waals surface area (Å²) in [7, 11) is 0. The molecule has 4 nitrogen and oxygen atoms in total. The van der Waals surface area contributed by atoms with Crippen LogP contribution in [-0.2, 0) is 4.74 Å². The fourth-order valence-corrected chi connectivity index (χ4v) is 2.89. The Morgan fingerprint density at radius 3 is 2.85 bits per heavy atom. The number of hydrogen-bond donors (Lipinski definition) is 1. The summed E-state index contributed by atoms with van der Waals surface area (Å²) in [6.07, 6.45) is 4.65.